The summed E-state index contributed by atoms with van der Waals surface area (Å²) in [5.74, 6) is 0. The molecule has 0 radical (unpaired) electrons. The quantitative estimate of drug-likeness (QED) is 0.813. The number of anilines is 2. The van der Waals surface area contributed by atoms with Gasteiger partial charge in [-0.15, -0.1) is 0 Å². The summed E-state index contributed by atoms with van der Waals surface area (Å²) >= 11 is 0. The van der Waals surface area contributed by atoms with Crippen LogP contribution in [0.1, 0.15) is 27.2 Å². The van der Waals surface area contributed by atoms with Crippen LogP contribution in [-0.4, -0.2) is 21.0 Å². The molecule has 0 unspecified atom stereocenters. The number of sulfonamides is 1. The van der Waals surface area contributed by atoms with Crippen LogP contribution in [0.5, 0.6) is 0 Å². The smallest absolute Gasteiger partial charge is 0.240 e. The van der Waals surface area contributed by atoms with Crippen LogP contribution in [0, 0.1) is 0 Å². The van der Waals surface area contributed by atoms with Gasteiger partial charge in [-0.2, -0.15) is 0 Å². The molecule has 6 heteroatoms. The summed E-state index contributed by atoms with van der Waals surface area (Å²) in [4.78, 5) is 1.94. The van der Waals surface area contributed by atoms with Crippen molar-refractivity contribution in [2.75, 3.05) is 17.7 Å². The summed E-state index contributed by atoms with van der Waals surface area (Å²) in [6, 6.07) is 4.86. The first-order valence-corrected chi connectivity index (χ1v) is 7.31. The molecule has 0 bridgehead atoms. The van der Waals surface area contributed by atoms with Crippen molar-refractivity contribution in [3.05, 3.63) is 18.2 Å². The van der Waals surface area contributed by atoms with Gasteiger partial charge in [0.2, 0.25) is 10.0 Å². The molecule has 4 N–H and O–H groups in total. The number of primary sulfonamides is 1. The maximum atomic E-state index is 11.4. The molecular formula is C12H21N3O2S. The summed E-state index contributed by atoms with van der Waals surface area (Å²) in [7, 11) is -1.90. The van der Waals surface area contributed by atoms with Gasteiger partial charge in [0.15, 0.2) is 0 Å². The highest BCUT2D eigenvalue weighted by molar-refractivity contribution is 7.89. The Balaban J connectivity index is 3.37. The standard InChI is InChI=1S/C12H21N3O2S/c1-5-12(2,3)15(4)9-7-6-8-10(11(9)13)18(14,16)17/h6-8H,5,13H2,1-4H3,(H2,14,16,17). The number of nitrogens with two attached hydrogens (primary N) is 2. The van der Waals surface area contributed by atoms with Crippen LogP contribution in [0.2, 0.25) is 0 Å². The normalized spacial score (nSPS) is 12.5. The van der Waals surface area contributed by atoms with E-state index < -0.39 is 10.0 Å². The highest BCUT2D eigenvalue weighted by Gasteiger charge is 2.25. The number of hydrogen-bond donors (Lipinski definition) is 2. The first-order valence-electron chi connectivity index (χ1n) is 5.76. The maximum absolute atomic E-state index is 11.4. The highest BCUT2D eigenvalue weighted by Crippen LogP contribution is 2.33. The Morgan fingerprint density at radius 3 is 2.33 bits per heavy atom. The van der Waals surface area contributed by atoms with Crippen molar-refractivity contribution in [3.63, 3.8) is 0 Å². The molecule has 1 aromatic carbocycles. The summed E-state index contributed by atoms with van der Waals surface area (Å²) in [5, 5.41) is 5.14. The minimum Gasteiger partial charge on any atom is -0.396 e. The third-order valence-corrected chi connectivity index (χ3v) is 4.45. The fraction of sp³-hybridized carbons (Fsp3) is 0.500. The Hall–Kier alpha value is -1.27. The van der Waals surface area contributed by atoms with Gasteiger partial charge in [-0.1, -0.05) is 13.0 Å². The van der Waals surface area contributed by atoms with E-state index >= 15 is 0 Å². The average Bonchev–Trinajstić information content (AvgIpc) is 2.27. The molecule has 0 heterocycles. The first kappa shape index (κ1) is 14.8. The van der Waals surface area contributed by atoms with Crippen LogP contribution in [0.15, 0.2) is 23.1 Å². The van der Waals surface area contributed by atoms with Gasteiger partial charge in [-0.3, -0.25) is 0 Å². The number of hydrogen-bond acceptors (Lipinski definition) is 4. The van der Waals surface area contributed by atoms with Gasteiger partial charge in [0, 0.05) is 12.6 Å². The molecule has 0 aromatic heterocycles. The molecule has 0 aliphatic carbocycles. The monoisotopic (exact) mass is 271 g/mol. The van der Waals surface area contributed by atoms with Crippen LogP contribution in [0.3, 0.4) is 0 Å². The maximum Gasteiger partial charge on any atom is 0.240 e. The zero-order valence-electron chi connectivity index (χ0n) is 11.3. The van der Waals surface area contributed by atoms with Crippen LogP contribution in [0.4, 0.5) is 11.4 Å². The Morgan fingerprint density at radius 1 is 1.33 bits per heavy atom. The molecule has 5 nitrogen and oxygen atoms in total. The number of nitrogen functional groups attached to an aromatic ring is 1. The van der Waals surface area contributed by atoms with Crippen molar-refractivity contribution >= 4 is 21.4 Å². The van der Waals surface area contributed by atoms with E-state index in [1.165, 1.54) is 6.07 Å². The predicted octanol–water partition coefficient (Wildman–Crippen LogP) is 1.54. The Morgan fingerprint density at radius 2 is 1.89 bits per heavy atom. The van der Waals surface area contributed by atoms with Gasteiger partial charge in [0.05, 0.1) is 11.4 Å². The minimum absolute atomic E-state index is 0.0289. The van der Waals surface area contributed by atoms with Crippen molar-refractivity contribution in [1.82, 2.24) is 0 Å². The molecule has 1 aromatic rings. The van der Waals surface area contributed by atoms with Crippen LogP contribution in [-0.2, 0) is 10.0 Å². The third-order valence-electron chi connectivity index (χ3n) is 3.48. The second kappa shape index (κ2) is 4.78. The number of benzene rings is 1. The number of para-hydroxylation sites is 1. The van der Waals surface area contributed by atoms with E-state index in [-0.39, 0.29) is 16.1 Å². The zero-order chi connectivity index (χ0) is 14.1. The Bertz CT molecular complexity index is 538. The molecule has 0 aliphatic rings. The van der Waals surface area contributed by atoms with Gasteiger partial charge in [0.1, 0.15) is 4.90 Å². The van der Waals surface area contributed by atoms with Crippen molar-refractivity contribution in [3.8, 4) is 0 Å². The molecule has 1 rings (SSSR count). The molecule has 0 amide bonds. The summed E-state index contributed by atoms with van der Waals surface area (Å²) in [6.07, 6.45) is 0.905. The lowest BCUT2D eigenvalue weighted by atomic mass is 9.99. The van der Waals surface area contributed by atoms with Gasteiger partial charge in [0.25, 0.3) is 0 Å². The molecule has 0 aliphatic heterocycles. The van der Waals surface area contributed by atoms with E-state index in [0.717, 1.165) is 6.42 Å². The summed E-state index contributed by atoms with van der Waals surface area (Å²) < 4.78 is 22.9. The summed E-state index contributed by atoms with van der Waals surface area (Å²) in [5.41, 5.74) is 6.67. The third kappa shape index (κ3) is 2.76. The van der Waals surface area contributed by atoms with Crippen molar-refractivity contribution in [2.45, 2.75) is 37.6 Å². The first-order chi connectivity index (χ1) is 8.11. The zero-order valence-corrected chi connectivity index (χ0v) is 12.1. The van der Waals surface area contributed by atoms with E-state index in [9.17, 15) is 8.42 Å². The minimum atomic E-state index is -3.79. The fourth-order valence-corrected chi connectivity index (χ4v) is 2.32. The Kier molecular flexibility index (Phi) is 3.92. The number of rotatable bonds is 4. The molecule has 102 valence electrons. The molecule has 0 atom stereocenters. The van der Waals surface area contributed by atoms with Crippen molar-refractivity contribution in [2.24, 2.45) is 5.14 Å². The van der Waals surface area contributed by atoms with E-state index in [2.05, 4.69) is 20.8 Å². The molecule has 0 spiro atoms. The van der Waals surface area contributed by atoms with Gasteiger partial charge in [-0.25, -0.2) is 13.6 Å². The SMILES string of the molecule is CCC(C)(C)N(C)c1cccc(S(N)(=O)=O)c1N. The van der Waals surface area contributed by atoms with Gasteiger partial charge >= 0.3 is 0 Å². The average molecular weight is 271 g/mol. The lowest BCUT2D eigenvalue weighted by molar-refractivity contribution is 0.471. The second-order valence-electron chi connectivity index (χ2n) is 4.96. The predicted molar refractivity (Wildman–Crippen MR) is 75.0 cm³/mol. The molecule has 0 fully saturated rings. The molecule has 18 heavy (non-hydrogen) atoms. The lowest BCUT2D eigenvalue weighted by Crippen LogP contribution is -2.41. The molecular weight excluding hydrogens is 250 g/mol. The van der Waals surface area contributed by atoms with E-state index in [1.54, 1.807) is 12.1 Å². The van der Waals surface area contributed by atoms with E-state index in [1.807, 2.05) is 11.9 Å². The van der Waals surface area contributed by atoms with E-state index in [4.69, 9.17) is 10.9 Å². The van der Waals surface area contributed by atoms with Crippen molar-refractivity contribution in [1.29, 1.82) is 0 Å². The molecule has 0 saturated heterocycles. The van der Waals surface area contributed by atoms with Gasteiger partial charge < -0.3 is 10.6 Å². The van der Waals surface area contributed by atoms with Crippen LogP contribution in [0.25, 0.3) is 0 Å². The molecule has 0 saturated carbocycles. The van der Waals surface area contributed by atoms with Gasteiger partial charge in [-0.05, 0) is 32.4 Å². The summed E-state index contributed by atoms with van der Waals surface area (Å²) in [6.45, 7) is 6.20. The second-order valence-corrected chi connectivity index (χ2v) is 6.49. The Labute approximate surface area is 109 Å². The van der Waals surface area contributed by atoms with E-state index in [0.29, 0.717) is 5.69 Å². The lowest BCUT2D eigenvalue weighted by Gasteiger charge is -2.37. The number of nitrogens with zero attached hydrogens (tertiary/aromatic N) is 1. The topological polar surface area (TPSA) is 89.4 Å². The van der Waals surface area contributed by atoms with Crippen LogP contribution >= 0.6 is 0 Å². The van der Waals surface area contributed by atoms with Crippen molar-refractivity contribution < 1.29 is 8.42 Å². The fourth-order valence-electron chi connectivity index (χ4n) is 1.64. The van der Waals surface area contributed by atoms with Crippen LogP contribution < -0.4 is 15.8 Å². The highest BCUT2D eigenvalue weighted by atomic mass is 32.2. The largest absolute Gasteiger partial charge is 0.396 e.